The Labute approximate surface area is 114 Å². The number of nitrogens with zero attached hydrogens (tertiary/aromatic N) is 2. The van der Waals surface area contributed by atoms with Crippen LogP contribution in [0.5, 0.6) is 5.75 Å². The lowest BCUT2D eigenvalue weighted by Gasteiger charge is -2.02. The van der Waals surface area contributed by atoms with Gasteiger partial charge >= 0.3 is 0 Å². The van der Waals surface area contributed by atoms with Crippen LogP contribution in [0.15, 0.2) is 42.5 Å². The summed E-state index contributed by atoms with van der Waals surface area (Å²) in [5.74, 6) is 1.00. The first-order valence-corrected chi connectivity index (χ1v) is 5.96. The molecule has 0 saturated carbocycles. The van der Waals surface area contributed by atoms with E-state index in [-0.39, 0.29) is 5.69 Å². The molecular formula is C14H11N3O3. The number of nitro benzene ring substituents is 1. The zero-order chi connectivity index (χ0) is 14.1. The first-order chi connectivity index (χ1) is 9.67. The quantitative estimate of drug-likeness (QED) is 0.585. The van der Waals surface area contributed by atoms with Crippen molar-refractivity contribution in [1.82, 2.24) is 9.97 Å². The van der Waals surface area contributed by atoms with Crippen LogP contribution in [0, 0.1) is 10.1 Å². The largest absolute Gasteiger partial charge is 0.496 e. The lowest BCUT2D eigenvalue weighted by atomic mass is 10.2. The van der Waals surface area contributed by atoms with Gasteiger partial charge in [-0.2, -0.15) is 0 Å². The van der Waals surface area contributed by atoms with Gasteiger partial charge in [-0.1, -0.05) is 12.1 Å². The lowest BCUT2D eigenvalue weighted by Crippen LogP contribution is -1.92. The van der Waals surface area contributed by atoms with Crippen molar-refractivity contribution in [3.63, 3.8) is 0 Å². The number of ether oxygens (including phenoxy) is 1. The number of rotatable bonds is 3. The summed E-state index contributed by atoms with van der Waals surface area (Å²) in [4.78, 5) is 18.1. The number of nitrogens with one attached hydrogen (secondary N) is 1. The van der Waals surface area contributed by atoms with E-state index in [4.69, 9.17) is 4.74 Å². The molecule has 1 N–H and O–H groups in total. The molecule has 0 unspecified atom stereocenters. The normalized spacial score (nSPS) is 10.7. The number of fused-ring (bicyclic) bond motifs is 1. The number of hydrogen-bond acceptors (Lipinski definition) is 4. The molecule has 3 rings (SSSR count). The van der Waals surface area contributed by atoms with Gasteiger partial charge in [0.1, 0.15) is 11.6 Å². The SMILES string of the molecule is COc1cc(-c2nc3ccccc3[nH]2)cc([N+](=O)[O-])c1. The van der Waals surface area contributed by atoms with Gasteiger partial charge in [-0.05, 0) is 18.2 Å². The minimum atomic E-state index is -0.450. The number of aromatic amines is 1. The molecule has 3 aromatic rings. The van der Waals surface area contributed by atoms with E-state index < -0.39 is 4.92 Å². The maximum atomic E-state index is 10.9. The van der Waals surface area contributed by atoms with Gasteiger partial charge in [0.25, 0.3) is 5.69 Å². The Hall–Kier alpha value is -2.89. The molecule has 6 nitrogen and oxygen atoms in total. The Bertz CT molecular complexity index is 762. The topological polar surface area (TPSA) is 81.0 Å². The van der Waals surface area contributed by atoms with Crippen LogP contribution in [0.4, 0.5) is 5.69 Å². The molecule has 0 spiro atoms. The van der Waals surface area contributed by atoms with Crippen molar-refractivity contribution in [3.05, 3.63) is 52.6 Å². The highest BCUT2D eigenvalue weighted by Crippen LogP contribution is 2.29. The molecule has 1 heterocycles. The summed E-state index contributed by atoms with van der Waals surface area (Å²) in [6.07, 6.45) is 0. The predicted octanol–water partition coefficient (Wildman–Crippen LogP) is 3.15. The van der Waals surface area contributed by atoms with E-state index in [0.717, 1.165) is 11.0 Å². The van der Waals surface area contributed by atoms with Crippen molar-refractivity contribution >= 4 is 16.7 Å². The Morgan fingerprint density at radius 3 is 2.75 bits per heavy atom. The van der Waals surface area contributed by atoms with Crippen LogP contribution >= 0.6 is 0 Å². The Morgan fingerprint density at radius 1 is 1.25 bits per heavy atom. The van der Waals surface area contributed by atoms with Crippen LogP contribution in [0.25, 0.3) is 22.4 Å². The number of para-hydroxylation sites is 2. The first-order valence-electron chi connectivity index (χ1n) is 5.96. The molecule has 2 aromatic carbocycles. The summed E-state index contributed by atoms with van der Waals surface area (Å²) in [6, 6.07) is 12.1. The standard InChI is InChI=1S/C14H11N3O3/c1-20-11-7-9(6-10(8-11)17(18)19)14-15-12-4-2-3-5-13(12)16-14/h2-8H,1H3,(H,15,16). The van der Waals surface area contributed by atoms with Crippen molar-refractivity contribution < 1.29 is 9.66 Å². The monoisotopic (exact) mass is 269 g/mol. The van der Waals surface area contributed by atoms with E-state index in [2.05, 4.69) is 9.97 Å². The Morgan fingerprint density at radius 2 is 2.05 bits per heavy atom. The van der Waals surface area contributed by atoms with Gasteiger partial charge in [0.15, 0.2) is 0 Å². The zero-order valence-corrected chi connectivity index (χ0v) is 10.7. The molecule has 0 radical (unpaired) electrons. The van der Waals surface area contributed by atoms with Gasteiger partial charge < -0.3 is 9.72 Å². The lowest BCUT2D eigenvalue weighted by molar-refractivity contribution is -0.384. The van der Waals surface area contributed by atoms with Gasteiger partial charge in [-0.25, -0.2) is 4.98 Å². The molecule has 1 aromatic heterocycles. The average molecular weight is 269 g/mol. The van der Waals surface area contributed by atoms with Crippen LogP contribution < -0.4 is 4.74 Å². The van der Waals surface area contributed by atoms with Gasteiger partial charge in [-0.15, -0.1) is 0 Å². The third kappa shape index (κ3) is 2.07. The molecule has 100 valence electrons. The number of nitro groups is 1. The molecule has 0 aliphatic heterocycles. The average Bonchev–Trinajstić information content (AvgIpc) is 2.90. The molecule has 6 heteroatoms. The van der Waals surface area contributed by atoms with Crippen molar-refractivity contribution in [2.75, 3.05) is 7.11 Å². The predicted molar refractivity (Wildman–Crippen MR) is 74.7 cm³/mol. The van der Waals surface area contributed by atoms with Crippen molar-refractivity contribution in [3.8, 4) is 17.1 Å². The molecule has 0 bridgehead atoms. The molecule has 0 fully saturated rings. The number of methoxy groups -OCH3 is 1. The third-order valence-corrected chi connectivity index (χ3v) is 3.00. The fraction of sp³-hybridized carbons (Fsp3) is 0.0714. The van der Waals surface area contributed by atoms with Crippen molar-refractivity contribution in [2.24, 2.45) is 0 Å². The second-order valence-corrected chi connectivity index (χ2v) is 4.28. The van der Waals surface area contributed by atoms with E-state index in [9.17, 15) is 10.1 Å². The smallest absolute Gasteiger partial charge is 0.273 e. The van der Waals surface area contributed by atoms with E-state index in [1.54, 1.807) is 6.07 Å². The molecule has 0 aliphatic carbocycles. The third-order valence-electron chi connectivity index (χ3n) is 3.00. The van der Waals surface area contributed by atoms with Gasteiger partial charge in [0.2, 0.25) is 0 Å². The summed E-state index contributed by atoms with van der Waals surface area (Å²) in [7, 11) is 1.47. The minimum Gasteiger partial charge on any atom is -0.496 e. The van der Waals surface area contributed by atoms with E-state index >= 15 is 0 Å². The van der Waals surface area contributed by atoms with E-state index in [0.29, 0.717) is 17.1 Å². The number of non-ortho nitro benzene ring substituents is 1. The van der Waals surface area contributed by atoms with Crippen LogP contribution in [-0.4, -0.2) is 22.0 Å². The summed E-state index contributed by atoms with van der Waals surface area (Å²) in [5, 5.41) is 10.9. The summed E-state index contributed by atoms with van der Waals surface area (Å²) < 4.78 is 5.10. The summed E-state index contributed by atoms with van der Waals surface area (Å²) in [5.41, 5.74) is 2.29. The molecule has 20 heavy (non-hydrogen) atoms. The maximum absolute atomic E-state index is 10.9. The van der Waals surface area contributed by atoms with Gasteiger partial charge in [0, 0.05) is 11.6 Å². The van der Waals surface area contributed by atoms with Crippen LogP contribution in [0.3, 0.4) is 0 Å². The highest BCUT2D eigenvalue weighted by Gasteiger charge is 2.13. The maximum Gasteiger partial charge on any atom is 0.273 e. The van der Waals surface area contributed by atoms with Crippen LogP contribution in [-0.2, 0) is 0 Å². The van der Waals surface area contributed by atoms with E-state index in [1.807, 2.05) is 24.3 Å². The fourth-order valence-electron chi connectivity index (χ4n) is 2.03. The van der Waals surface area contributed by atoms with Crippen LogP contribution in [0.1, 0.15) is 0 Å². The molecule has 0 atom stereocenters. The molecule has 0 saturated heterocycles. The number of hydrogen-bond donors (Lipinski definition) is 1. The molecule has 0 amide bonds. The van der Waals surface area contributed by atoms with Crippen LogP contribution in [0.2, 0.25) is 0 Å². The second kappa shape index (κ2) is 4.65. The number of imidazole rings is 1. The fourth-order valence-corrected chi connectivity index (χ4v) is 2.03. The summed E-state index contributed by atoms with van der Waals surface area (Å²) >= 11 is 0. The number of H-pyrrole nitrogens is 1. The number of aromatic nitrogens is 2. The minimum absolute atomic E-state index is 0.0280. The summed E-state index contributed by atoms with van der Waals surface area (Å²) in [6.45, 7) is 0. The highest BCUT2D eigenvalue weighted by atomic mass is 16.6. The zero-order valence-electron chi connectivity index (χ0n) is 10.7. The Balaban J connectivity index is 2.17. The molecular weight excluding hydrogens is 258 g/mol. The first kappa shape index (κ1) is 12.2. The van der Waals surface area contributed by atoms with Gasteiger partial charge in [0.05, 0.1) is 29.1 Å². The highest BCUT2D eigenvalue weighted by molar-refractivity contribution is 5.79. The van der Waals surface area contributed by atoms with Crippen molar-refractivity contribution in [2.45, 2.75) is 0 Å². The van der Waals surface area contributed by atoms with Crippen molar-refractivity contribution in [1.29, 1.82) is 0 Å². The van der Waals surface area contributed by atoms with Gasteiger partial charge in [-0.3, -0.25) is 10.1 Å². The number of benzene rings is 2. The molecule has 0 aliphatic rings. The Kier molecular flexibility index (Phi) is 2.83. The second-order valence-electron chi connectivity index (χ2n) is 4.28. The van der Waals surface area contributed by atoms with E-state index in [1.165, 1.54) is 19.2 Å².